The minimum Gasteiger partial charge on any atom is -0.456 e. The quantitative estimate of drug-likeness (QED) is 0.187. The fraction of sp³-hybridized carbons (Fsp3) is 0. The maximum absolute atomic E-state index is 8.58. The first-order chi connectivity index (χ1) is 26.9. The summed E-state index contributed by atoms with van der Waals surface area (Å²) in [4.78, 5) is 14.9. The average molecular weight is 646 g/mol. The number of para-hydroxylation sites is 1. The Morgan fingerprint density at radius 3 is 1.90 bits per heavy atom. The van der Waals surface area contributed by atoms with Gasteiger partial charge in [-0.25, -0.2) is 15.0 Å². The zero-order valence-corrected chi connectivity index (χ0v) is 26.5. The van der Waals surface area contributed by atoms with E-state index < -0.39 is 6.04 Å². The molecule has 50 heavy (non-hydrogen) atoms. The molecule has 10 rings (SSSR count). The van der Waals surface area contributed by atoms with Gasteiger partial charge < -0.3 is 8.98 Å². The molecule has 0 saturated heterocycles. The van der Waals surface area contributed by atoms with Crippen molar-refractivity contribution >= 4 is 43.7 Å². The summed E-state index contributed by atoms with van der Waals surface area (Å²) in [6.07, 6.45) is 0. The Kier molecular flexibility index (Phi) is 5.35. The number of fused-ring (bicyclic) bond motifs is 6. The van der Waals surface area contributed by atoms with Gasteiger partial charge in [-0.05, 0) is 47.5 Å². The average Bonchev–Trinajstić information content (AvgIpc) is 3.78. The van der Waals surface area contributed by atoms with Crippen LogP contribution in [-0.4, -0.2) is 19.5 Å². The van der Waals surface area contributed by atoms with Gasteiger partial charge in [0, 0.05) is 50.0 Å². The van der Waals surface area contributed by atoms with E-state index in [4.69, 9.17) is 26.2 Å². The summed E-state index contributed by atoms with van der Waals surface area (Å²) in [5.41, 5.74) is 7.49. The molecule has 0 fully saturated rings. The summed E-state index contributed by atoms with van der Waals surface area (Å²) in [5.74, 6) is 1.71. The van der Waals surface area contributed by atoms with Crippen LogP contribution in [0.4, 0.5) is 0 Å². The van der Waals surface area contributed by atoms with Gasteiger partial charge in [-0.15, -0.1) is 0 Å². The monoisotopic (exact) mass is 645 g/mol. The van der Waals surface area contributed by atoms with Crippen LogP contribution in [0.5, 0.6) is 0 Å². The van der Waals surface area contributed by atoms with Gasteiger partial charge in [0.15, 0.2) is 17.5 Å². The summed E-state index contributed by atoms with van der Waals surface area (Å²) in [5, 5.41) is 3.68. The maximum Gasteiger partial charge on any atom is 0.164 e. The van der Waals surface area contributed by atoms with Crippen LogP contribution in [0.3, 0.4) is 0 Å². The Balaban J connectivity index is 1.15. The van der Waals surface area contributed by atoms with Crippen molar-refractivity contribution in [3.63, 3.8) is 0 Å². The van der Waals surface area contributed by atoms with Gasteiger partial charge in [0.1, 0.15) is 11.2 Å². The summed E-state index contributed by atoms with van der Waals surface area (Å²) >= 11 is 0. The van der Waals surface area contributed by atoms with Crippen LogP contribution in [0.1, 0.15) is 6.85 Å². The predicted molar refractivity (Wildman–Crippen MR) is 203 cm³/mol. The lowest BCUT2D eigenvalue weighted by Crippen LogP contribution is -2.00. The molecule has 0 unspecified atom stereocenters. The van der Waals surface area contributed by atoms with Crippen molar-refractivity contribution in [2.75, 3.05) is 0 Å². The minimum atomic E-state index is -0.410. The smallest absolute Gasteiger partial charge is 0.164 e. The molecule has 3 heterocycles. The molecule has 5 heteroatoms. The van der Waals surface area contributed by atoms with Crippen LogP contribution in [0.15, 0.2) is 174 Å². The number of hydrogen-bond donors (Lipinski definition) is 0. The normalized spacial score (nSPS) is 13.0. The van der Waals surface area contributed by atoms with E-state index in [1.165, 1.54) is 0 Å². The summed E-state index contributed by atoms with van der Waals surface area (Å²) < 4.78 is 50.4. The third-order valence-electron chi connectivity index (χ3n) is 9.14. The maximum atomic E-state index is 8.58. The molecule has 0 spiro atoms. The molecule has 0 radical (unpaired) electrons. The highest BCUT2D eigenvalue weighted by Gasteiger charge is 2.19. The number of benzene rings is 7. The molecule has 0 N–H and O–H groups in total. The highest BCUT2D eigenvalue weighted by atomic mass is 16.3. The molecule has 0 atom stereocenters. The van der Waals surface area contributed by atoms with Crippen LogP contribution in [0.25, 0.3) is 94.7 Å². The van der Waals surface area contributed by atoms with E-state index in [0.29, 0.717) is 34.2 Å². The number of hydrogen-bond acceptors (Lipinski definition) is 4. The number of furan rings is 1. The minimum absolute atomic E-state index is 0.175. The lowest BCUT2D eigenvalue weighted by Gasteiger charge is -2.09. The highest BCUT2D eigenvalue weighted by molar-refractivity contribution is 6.13. The van der Waals surface area contributed by atoms with Crippen molar-refractivity contribution in [3.05, 3.63) is 170 Å². The Morgan fingerprint density at radius 1 is 0.460 bits per heavy atom. The molecule has 0 aliphatic rings. The Bertz CT molecular complexity index is 3070. The van der Waals surface area contributed by atoms with Crippen LogP contribution in [-0.2, 0) is 0 Å². The van der Waals surface area contributed by atoms with Gasteiger partial charge in [0.25, 0.3) is 0 Å². The standard InChI is InChI=1S/C45H28N4O/c1-4-13-29(14-5-1)32-23-26-39-37(27-32)34-19-10-11-21-38(34)49(39)33-24-25-35-41(28-33)50-40-22-12-20-36(42(35)40)45-47-43(30-15-6-2-7-16-30)46-44(48-45)31-17-8-3-9-18-31/h1-28H/i1D,4D,5D,13D,14D. The Morgan fingerprint density at radius 2 is 1.14 bits per heavy atom. The van der Waals surface area contributed by atoms with E-state index in [-0.39, 0.29) is 29.7 Å². The van der Waals surface area contributed by atoms with Crippen molar-refractivity contribution in [2.24, 2.45) is 0 Å². The molecule has 10 aromatic rings. The van der Waals surface area contributed by atoms with E-state index in [1.54, 1.807) is 0 Å². The molecule has 0 aliphatic carbocycles. The van der Waals surface area contributed by atoms with Crippen LogP contribution < -0.4 is 0 Å². The number of nitrogens with zero attached hydrogens (tertiary/aromatic N) is 4. The highest BCUT2D eigenvalue weighted by Crippen LogP contribution is 2.39. The second kappa shape index (κ2) is 11.4. The first-order valence-corrected chi connectivity index (χ1v) is 16.3. The Labute approximate surface area is 294 Å². The zero-order chi connectivity index (χ0) is 37.4. The van der Waals surface area contributed by atoms with Crippen molar-refractivity contribution in [2.45, 2.75) is 0 Å². The fourth-order valence-corrected chi connectivity index (χ4v) is 6.87. The van der Waals surface area contributed by atoms with Gasteiger partial charge in [0.05, 0.1) is 17.9 Å². The first kappa shape index (κ1) is 23.5. The summed E-state index contributed by atoms with van der Waals surface area (Å²) in [6.45, 7) is 0. The van der Waals surface area contributed by atoms with E-state index in [1.807, 2.05) is 121 Å². The van der Waals surface area contributed by atoms with Gasteiger partial charge in [-0.2, -0.15) is 0 Å². The number of rotatable bonds is 5. The molecule has 7 aromatic carbocycles. The van der Waals surface area contributed by atoms with Crippen molar-refractivity contribution in [3.8, 4) is 51.0 Å². The second-order valence-corrected chi connectivity index (χ2v) is 12.1. The third kappa shape index (κ3) is 4.60. The largest absolute Gasteiger partial charge is 0.456 e. The summed E-state index contributed by atoms with van der Waals surface area (Å²) in [6, 6.07) is 44.1. The number of aromatic nitrogens is 4. The van der Waals surface area contributed by atoms with Crippen LogP contribution in [0.2, 0.25) is 0 Å². The van der Waals surface area contributed by atoms with E-state index in [9.17, 15) is 0 Å². The molecule has 0 bridgehead atoms. The predicted octanol–water partition coefficient (Wildman–Crippen LogP) is 11.5. The zero-order valence-electron chi connectivity index (χ0n) is 31.5. The van der Waals surface area contributed by atoms with Crippen molar-refractivity contribution in [1.82, 2.24) is 19.5 Å². The lowest BCUT2D eigenvalue weighted by atomic mass is 10.0. The van der Waals surface area contributed by atoms with Gasteiger partial charge in [-0.3, -0.25) is 0 Å². The fourth-order valence-electron chi connectivity index (χ4n) is 6.87. The molecular formula is C45H28N4O. The topological polar surface area (TPSA) is 56.7 Å². The van der Waals surface area contributed by atoms with E-state index in [0.717, 1.165) is 55.0 Å². The van der Waals surface area contributed by atoms with Crippen molar-refractivity contribution in [1.29, 1.82) is 0 Å². The molecule has 3 aromatic heterocycles. The molecule has 0 saturated carbocycles. The van der Waals surface area contributed by atoms with E-state index >= 15 is 0 Å². The Hall–Kier alpha value is -6.85. The summed E-state index contributed by atoms with van der Waals surface area (Å²) in [7, 11) is 0. The first-order valence-electron chi connectivity index (χ1n) is 18.8. The van der Waals surface area contributed by atoms with Gasteiger partial charge in [0.2, 0.25) is 0 Å². The second-order valence-electron chi connectivity index (χ2n) is 12.1. The van der Waals surface area contributed by atoms with Gasteiger partial charge >= 0.3 is 0 Å². The molecular weight excluding hydrogens is 613 g/mol. The van der Waals surface area contributed by atoms with E-state index in [2.05, 4.69) is 22.8 Å². The van der Waals surface area contributed by atoms with Gasteiger partial charge in [-0.1, -0.05) is 127 Å². The van der Waals surface area contributed by atoms with Crippen LogP contribution in [0, 0.1) is 0 Å². The molecule has 5 nitrogen and oxygen atoms in total. The lowest BCUT2D eigenvalue weighted by molar-refractivity contribution is 0.668. The SMILES string of the molecule is [2H]c1c([2H])c([2H])c(-c2ccc3c(c2)c2ccccc2n3-c2ccc3c(c2)oc2cccc(-c4nc(-c5ccccc5)nc(-c5ccccc5)n4)c23)c([2H])c1[2H]. The molecule has 0 amide bonds. The molecule has 0 aliphatic heterocycles. The molecule has 234 valence electrons. The van der Waals surface area contributed by atoms with Crippen LogP contribution >= 0.6 is 0 Å². The third-order valence-corrected chi connectivity index (χ3v) is 9.14. The van der Waals surface area contributed by atoms with Crippen molar-refractivity contribution < 1.29 is 11.3 Å².